The van der Waals surface area contributed by atoms with Crippen LogP contribution in [0.15, 0.2) is 30.3 Å². The smallest absolute Gasteiger partial charge is 0.345 e. The highest BCUT2D eigenvalue weighted by molar-refractivity contribution is 5.96. The van der Waals surface area contributed by atoms with Crippen LogP contribution in [0.4, 0.5) is 0 Å². The highest BCUT2D eigenvalue weighted by Gasteiger charge is 2.39. The summed E-state index contributed by atoms with van der Waals surface area (Å²) in [4.78, 5) is 99.6. The zero-order valence-corrected chi connectivity index (χ0v) is 39.4. The molecule has 0 unspecified atom stereocenters. The molecule has 3 N–H and O–H groups in total. The van der Waals surface area contributed by atoms with E-state index in [0.29, 0.717) is 19.3 Å². The first kappa shape index (κ1) is 56.6. The van der Waals surface area contributed by atoms with Gasteiger partial charge in [0, 0.05) is 58.7 Å². The molecule has 1 rings (SSSR count). The number of ether oxygens (including phenoxy) is 1. The van der Waals surface area contributed by atoms with E-state index in [9.17, 15) is 38.7 Å². The van der Waals surface area contributed by atoms with Crippen LogP contribution in [-0.2, 0) is 44.7 Å². The largest absolute Gasteiger partial charge is 0.479 e. The third-order valence-electron chi connectivity index (χ3n) is 10.8. The van der Waals surface area contributed by atoms with Crippen molar-refractivity contribution >= 4 is 53.6 Å². The number of esters is 1. The maximum Gasteiger partial charge on any atom is 0.345 e. The Kier molecular flexibility index (Phi) is 25.6. The van der Waals surface area contributed by atoms with Crippen LogP contribution in [-0.4, -0.2) is 112 Å². The zero-order chi connectivity index (χ0) is 46.0. The topological polar surface area (TPSA) is 208 Å². The Morgan fingerprint density at radius 3 is 1.56 bits per heavy atom. The van der Waals surface area contributed by atoms with Gasteiger partial charge in [-0.2, -0.15) is 5.26 Å². The number of carboxylic acids is 1. The molecule has 1 aromatic rings. The number of amides is 3. The van der Waals surface area contributed by atoms with E-state index in [0.717, 1.165) is 10.5 Å². The molecule has 0 aromatic heterocycles. The van der Waals surface area contributed by atoms with Crippen LogP contribution in [0.25, 0.3) is 0 Å². The van der Waals surface area contributed by atoms with Gasteiger partial charge in [-0.3, -0.25) is 24.0 Å². The number of nitriles is 1. The number of nitrogens with two attached hydrogens (primary N) is 1. The van der Waals surface area contributed by atoms with Crippen molar-refractivity contribution in [3.05, 3.63) is 35.9 Å². The minimum atomic E-state index is -1.56. The number of carbonyl (C=O) groups is 7. The van der Waals surface area contributed by atoms with Gasteiger partial charge in [0.05, 0.1) is 24.2 Å². The predicted molar refractivity (Wildman–Crippen MR) is 237 cm³/mol. The number of carboxylic acid groups (broad SMARTS) is 1. The standard InChI is InChI=1S/C46H73N5O9.ClH/c1-28(2)21-34(42(54)49(10)32(9)46(59)60-41(45(57)58)19-16-20-47)26-40(53)38(25-33-17-14-13-15-18-33)50(11)43(55)35(22-29(3)4)27-39(52)37(24-31(7)8)51(12)44(56)36(48)23-30(5)6;/h13-15,17-18,28-32,34-38,41H,16,19,21-27,48H2,1-12H3,(H,57,58);1H/t32-,34+,35+,36-,37-,38-,41+;/m0./s1. The average Bonchev–Trinajstić information content (AvgIpc) is 3.17. The molecule has 0 bridgehead atoms. The Labute approximate surface area is 370 Å². The third-order valence-corrected chi connectivity index (χ3v) is 10.8. The van der Waals surface area contributed by atoms with E-state index in [1.807, 2.05) is 91.8 Å². The first-order valence-corrected chi connectivity index (χ1v) is 21.4. The van der Waals surface area contributed by atoms with Gasteiger partial charge in [-0.15, -0.1) is 12.4 Å². The first-order valence-electron chi connectivity index (χ1n) is 21.4. The van der Waals surface area contributed by atoms with Crippen molar-refractivity contribution in [3.63, 3.8) is 0 Å². The lowest BCUT2D eigenvalue weighted by Gasteiger charge is -2.34. The van der Waals surface area contributed by atoms with Crippen molar-refractivity contribution in [1.82, 2.24) is 14.7 Å². The molecule has 1 aromatic carbocycles. The van der Waals surface area contributed by atoms with Crippen molar-refractivity contribution < 1.29 is 43.4 Å². The van der Waals surface area contributed by atoms with Gasteiger partial charge in [-0.25, -0.2) is 9.59 Å². The molecule has 15 heteroatoms. The normalized spacial score (nSPS) is 14.8. The molecule has 14 nitrogen and oxygen atoms in total. The van der Waals surface area contributed by atoms with Gasteiger partial charge in [0.1, 0.15) is 6.04 Å². The Morgan fingerprint density at radius 1 is 0.672 bits per heavy atom. The second-order valence-electron chi connectivity index (χ2n) is 18.1. The van der Waals surface area contributed by atoms with Gasteiger partial charge in [0.15, 0.2) is 17.7 Å². The predicted octanol–water partition coefficient (Wildman–Crippen LogP) is 6.11. The molecule has 0 radical (unpaired) electrons. The highest BCUT2D eigenvalue weighted by Crippen LogP contribution is 2.27. The molecule has 344 valence electrons. The summed E-state index contributed by atoms with van der Waals surface area (Å²) in [6, 6.07) is 7.24. The van der Waals surface area contributed by atoms with Crippen molar-refractivity contribution in [1.29, 1.82) is 5.26 Å². The number of halogens is 1. The Hall–Kier alpha value is -4.35. The lowest BCUT2D eigenvalue weighted by molar-refractivity contribution is -0.169. The summed E-state index contributed by atoms with van der Waals surface area (Å²) in [6.07, 6.45) is -0.692. The molecule has 0 aliphatic rings. The minimum Gasteiger partial charge on any atom is -0.479 e. The zero-order valence-electron chi connectivity index (χ0n) is 38.6. The number of nitrogens with zero attached hydrogens (tertiary/aromatic N) is 4. The molecule has 7 atom stereocenters. The molecule has 0 fully saturated rings. The number of Topliss-reactive ketones (excluding diaryl/α,β-unsaturated/α-hetero) is 2. The summed E-state index contributed by atoms with van der Waals surface area (Å²) in [5.74, 6) is -5.74. The lowest BCUT2D eigenvalue weighted by Crippen LogP contribution is -2.51. The summed E-state index contributed by atoms with van der Waals surface area (Å²) < 4.78 is 5.17. The summed E-state index contributed by atoms with van der Waals surface area (Å²) in [6.45, 7) is 17.0. The molecular weight excluding hydrogens is 802 g/mol. The van der Waals surface area contributed by atoms with Crippen LogP contribution in [0.3, 0.4) is 0 Å². The molecule has 0 aliphatic carbocycles. The fraction of sp³-hybridized carbons (Fsp3) is 0.696. The van der Waals surface area contributed by atoms with E-state index in [1.165, 1.54) is 23.8 Å². The van der Waals surface area contributed by atoms with Gasteiger partial charge < -0.3 is 30.3 Å². The van der Waals surface area contributed by atoms with E-state index in [4.69, 9.17) is 15.7 Å². The van der Waals surface area contributed by atoms with Crippen molar-refractivity contribution in [2.45, 2.75) is 150 Å². The van der Waals surface area contributed by atoms with E-state index >= 15 is 0 Å². The molecule has 0 saturated heterocycles. The molecular formula is C46H74ClN5O9. The van der Waals surface area contributed by atoms with Crippen LogP contribution < -0.4 is 5.73 Å². The van der Waals surface area contributed by atoms with Crippen LogP contribution >= 0.6 is 12.4 Å². The van der Waals surface area contributed by atoms with E-state index in [1.54, 1.807) is 14.1 Å². The second kappa shape index (κ2) is 27.6. The number of rotatable bonds is 27. The summed E-state index contributed by atoms with van der Waals surface area (Å²) in [5, 5.41) is 18.4. The number of hydrogen-bond acceptors (Lipinski definition) is 10. The number of carbonyl (C=O) groups excluding carboxylic acids is 6. The van der Waals surface area contributed by atoms with Crippen LogP contribution in [0.1, 0.15) is 119 Å². The SMILES string of the molecule is CC(C)C[C@H](CC(=O)[C@H](Cc1ccccc1)N(C)C(=O)[C@@H](CC(=O)[C@H](CC(C)C)N(C)C(=O)[C@@H](N)CC(C)C)CC(C)C)C(=O)N(C)[C@@H](C)C(=O)O[C@H](CCC#N)C(=O)O.Cl. The van der Waals surface area contributed by atoms with Crippen LogP contribution in [0.2, 0.25) is 0 Å². The quantitative estimate of drug-likeness (QED) is 0.0964. The van der Waals surface area contributed by atoms with Crippen molar-refractivity contribution in [3.8, 4) is 6.07 Å². The van der Waals surface area contributed by atoms with Gasteiger partial charge in [0.25, 0.3) is 0 Å². The molecule has 0 aliphatic heterocycles. The first-order chi connectivity index (χ1) is 27.9. The number of ketones is 2. The maximum absolute atomic E-state index is 14.6. The second-order valence-corrected chi connectivity index (χ2v) is 18.1. The maximum atomic E-state index is 14.6. The van der Waals surface area contributed by atoms with E-state index in [-0.39, 0.29) is 92.1 Å². The number of likely N-dealkylation sites (N-methyl/N-ethyl adjacent to an activating group) is 3. The summed E-state index contributed by atoms with van der Waals surface area (Å²) >= 11 is 0. The number of hydrogen-bond donors (Lipinski definition) is 2. The fourth-order valence-electron chi connectivity index (χ4n) is 7.46. The minimum absolute atomic E-state index is 0. The highest BCUT2D eigenvalue weighted by atomic mass is 35.5. The van der Waals surface area contributed by atoms with Crippen molar-refractivity contribution in [2.75, 3.05) is 21.1 Å². The molecule has 3 amide bonds. The number of benzene rings is 1. The Balaban J connectivity index is 0.0000360. The molecule has 61 heavy (non-hydrogen) atoms. The van der Waals surface area contributed by atoms with Crippen molar-refractivity contribution in [2.24, 2.45) is 41.2 Å². The molecule has 0 heterocycles. The van der Waals surface area contributed by atoms with Gasteiger partial charge in [-0.1, -0.05) is 85.7 Å². The lowest BCUT2D eigenvalue weighted by atomic mass is 9.85. The average molecular weight is 877 g/mol. The van der Waals surface area contributed by atoms with Gasteiger partial charge in [-0.05, 0) is 68.3 Å². The Morgan fingerprint density at radius 2 is 1.11 bits per heavy atom. The van der Waals surface area contributed by atoms with Gasteiger partial charge in [0.2, 0.25) is 17.7 Å². The molecule has 0 spiro atoms. The third kappa shape index (κ3) is 19.1. The van der Waals surface area contributed by atoms with Crippen LogP contribution in [0.5, 0.6) is 0 Å². The molecule has 0 saturated carbocycles. The fourth-order valence-corrected chi connectivity index (χ4v) is 7.46. The van der Waals surface area contributed by atoms with E-state index < -0.39 is 65.9 Å². The van der Waals surface area contributed by atoms with Crippen LogP contribution in [0, 0.1) is 46.8 Å². The van der Waals surface area contributed by atoms with Gasteiger partial charge >= 0.3 is 11.9 Å². The number of aliphatic carboxylic acids is 1. The van der Waals surface area contributed by atoms with E-state index in [2.05, 4.69) is 0 Å². The monoisotopic (exact) mass is 876 g/mol. The Bertz CT molecular complexity index is 1630. The summed E-state index contributed by atoms with van der Waals surface area (Å²) in [7, 11) is 4.52. The summed E-state index contributed by atoms with van der Waals surface area (Å²) in [5.41, 5.74) is 7.05.